The van der Waals surface area contributed by atoms with Crippen LogP contribution < -0.4 is 0 Å². The van der Waals surface area contributed by atoms with Crippen LogP contribution in [0.5, 0.6) is 0 Å². The van der Waals surface area contributed by atoms with Gasteiger partial charge in [0.1, 0.15) is 6.07 Å². The number of pyridine rings is 1. The second-order valence-electron chi connectivity index (χ2n) is 6.04. The predicted octanol–water partition coefficient (Wildman–Crippen LogP) is 4.63. The van der Waals surface area contributed by atoms with Gasteiger partial charge in [0, 0.05) is 35.2 Å². The molecule has 5 rings (SSSR count). The van der Waals surface area contributed by atoms with Crippen LogP contribution >= 0.6 is 11.8 Å². The average molecular weight is 371 g/mol. The summed E-state index contributed by atoms with van der Waals surface area (Å²) >= 11 is 1.43. The molecule has 0 unspecified atom stereocenters. The Bertz CT molecular complexity index is 1310. The van der Waals surface area contributed by atoms with Crippen molar-refractivity contribution < 1.29 is 4.42 Å². The van der Waals surface area contributed by atoms with E-state index in [-0.39, 0.29) is 0 Å². The molecule has 130 valence electrons. The molecule has 1 aromatic carbocycles. The highest BCUT2D eigenvalue weighted by atomic mass is 32.2. The van der Waals surface area contributed by atoms with Crippen LogP contribution in [0.1, 0.15) is 11.1 Å². The summed E-state index contributed by atoms with van der Waals surface area (Å²) in [5, 5.41) is 19.4. The molecule has 0 saturated carbocycles. The number of hydrogen-bond donors (Lipinski definition) is 1. The van der Waals surface area contributed by atoms with E-state index < -0.39 is 0 Å². The summed E-state index contributed by atoms with van der Waals surface area (Å²) in [5.74, 6) is 1.07. The lowest BCUT2D eigenvalue weighted by atomic mass is 10.2. The van der Waals surface area contributed by atoms with E-state index in [4.69, 9.17) is 4.42 Å². The Morgan fingerprint density at radius 1 is 1.15 bits per heavy atom. The lowest BCUT2D eigenvalue weighted by molar-refractivity contribution is 0.466. The quantitative estimate of drug-likeness (QED) is 0.466. The molecule has 0 spiro atoms. The molecule has 6 nitrogen and oxygen atoms in total. The number of aromatic nitrogens is 4. The number of nitrogens with one attached hydrogen (secondary N) is 1. The minimum absolute atomic E-state index is 0.481. The Morgan fingerprint density at radius 3 is 2.96 bits per heavy atom. The molecular formula is C20H13N5OS. The monoisotopic (exact) mass is 371 g/mol. The molecule has 27 heavy (non-hydrogen) atoms. The van der Waals surface area contributed by atoms with Gasteiger partial charge < -0.3 is 13.8 Å². The molecule has 0 aliphatic carbocycles. The van der Waals surface area contributed by atoms with Crippen LogP contribution in [0.3, 0.4) is 0 Å². The van der Waals surface area contributed by atoms with Crippen molar-refractivity contribution in [3.8, 4) is 17.5 Å². The van der Waals surface area contributed by atoms with Crippen LogP contribution in [-0.2, 0) is 5.75 Å². The van der Waals surface area contributed by atoms with E-state index in [9.17, 15) is 5.26 Å². The van der Waals surface area contributed by atoms with Gasteiger partial charge in [0.25, 0.3) is 11.1 Å². The number of H-pyrrole nitrogens is 1. The predicted molar refractivity (Wildman–Crippen MR) is 103 cm³/mol. The van der Waals surface area contributed by atoms with Gasteiger partial charge in [0.15, 0.2) is 0 Å². The first-order valence-corrected chi connectivity index (χ1v) is 9.33. The molecule has 0 bridgehead atoms. The number of aromatic amines is 1. The lowest BCUT2D eigenvalue weighted by Gasteiger charge is -1.95. The summed E-state index contributed by atoms with van der Waals surface area (Å²) in [7, 11) is 0. The fraction of sp³-hybridized carbons (Fsp3) is 0.0500. The van der Waals surface area contributed by atoms with Crippen molar-refractivity contribution in [1.82, 2.24) is 19.6 Å². The molecule has 0 aliphatic heterocycles. The summed E-state index contributed by atoms with van der Waals surface area (Å²) in [6, 6.07) is 16.1. The Labute approximate surface area is 158 Å². The number of hydrogen-bond acceptors (Lipinski definition) is 5. The lowest BCUT2D eigenvalue weighted by Crippen LogP contribution is -1.82. The first-order valence-electron chi connectivity index (χ1n) is 8.35. The number of para-hydroxylation sites is 1. The number of nitriles is 1. The summed E-state index contributed by atoms with van der Waals surface area (Å²) < 4.78 is 7.79. The maximum absolute atomic E-state index is 9.50. The summed E-state index contributed by atoms with van der Waals surface area (Å²) in [6.45, 7) is 0. The smallest absolute Gasteiger partial charge is 0.277 e. The third-order valence-electron chi connectivity index (χ3n) is 4.45. The third kappa shape index (κ3) is 2.67. The normalized spacial score (nSPS) is 11.2. The topological polar surface area (TPSA) is 82.9 Å². The first kappa shape index (κ1) is 15.7. The molecule has 0 amide bonds. The van der Waals surface area contributed by atoms with Crippen LogP contribution in [0.4, 0.5) is 0 Å². The molecule has 5 aromatic rings. The number of benzene rings is 1. The summed E-state index contributed by atoms with van der Waals surface area (Å²) in [4.78, 5) is 3.21. The van der Waals surface area contributed by atoms with Gasteiger partial charge in [-0.1, -0.05) is 36.0 Å². The molecule has 4 aromatic heterocycles. The van der Waals surface area contributed by atoms with E-state index in [1.165, 1.54) is 11.8 Å². The average Bonchev–Trinajstić information content (AvgIpc) is 3.41. The van der Waals surface area contributed by atoms with Gasteiger partial charge in [0.2, 0.25) is 0 Å². The van der Waals surface area contributed by atoms with Crippen molar-refractivity contribution in [3.63, 3.8) is 0 Å². The highest BCUT2D eigenvalue weighted by Crippen LogP contribution is 2.31. The molecule has 7 heteroatoms. The van der Waals surface area contributed by atoms with Crippen molar-refractivity contribution in [3.05, 3.63) is 72.2 Å². The largest absolute Gasteiger partial charge is 0.411 e. The van der Waals surface area contributed by atoms with E-state index in [0.29, 0.717) is 22.4 Å². The van der Waals surface area contributed by atoms with Crippen LogP contribution in [0.2, 0.25) is 0 Å². The van der Waals surface area contributed by atoms with Crippen LogP contribution in [0, 0.1) is 11.3 Å². The van der Waals surface area contributed by atoms with E-state index in [0.717, 1.165) is 27.5 Å². The summed E-state index contributed by atoms with van der Waals surface area (Å²) in [6.07, 6.45) is 5.78. The van der Waals surface area contributed by atoms with E-state index in [1.807, 2.05) is 65.5 Å². The van der Waals surface area contributed by atoms with Crippen molar-refractivity contribution in [2.45, 2.75) is 11.0 Å². The number of fused-ring (bicyclic) bond motifs is 2. The molecule has 0 radical (unpaired) electrons. The molecule has 1 N–H and O–H groups in total. The second-order valence-corrected chi connectivity index (χ2v) is 6.97. The first-order chi connectivity index (χ1) is 13.3. The van der Waals surface area contributed by atoms with Crippen molar-refractivity contribution in [1.29, 1.82) is 5.26 Å². The maximum atomic E-state index is 9.50. The van der Waals surface area contributed by atoms with Crippen molar-refractivity contribution in [2.75, 3.05) is 0 Å². The summed E-state index contributed by atoms with van der Waals surface area (Å²) in [5.41, 5.74) is 4.44. The van der Waals surface area contributed by atoms with Gasteiger partial charge >= 0.3 is 0 Å². The van der Waals surface area contributed by atoms with E-state index in [1.54, 1.807) is 0 Å². The van der Waals surface area contributed by atoms with Gasteiger partial charge in [-0.25, -0.2) is 0 Å². The van der Waals surface area contributed by atoms with Gasteiger partial charge in [-0.15, -0.1) is 10.2 Å². The van der Waals surface area contributed by atoms with E-state index in [2.05, 4.69) is 21.3 Å². The molecule has 0 aliphatic rings. The van der Waals surface area contributed by atoms with Crippen LogP contribution in [0.15, 0.2) is 70.7 Å². The standard InChI is InChI=1S/C20H13N5OS/c21-9-15-13(11-25-8-4-3-7-18(15)25)12-27-20-24-23-19(26-20)16-10-22-17-6-2-1-5-14(16)17/h1-8,10-11,22H,12H2. The number of nitrogens with zero attached hydrogens (tertiary/aromatic N) is 4. The highest BCUT2D eigenvalue weighted by molar-refractivity contribution is 7.98. The Morgan fingerprint density at radius 2 is 2.04 bits per heavy atom. The zero-order chi connectivity index (χ0) is 18.2. The zero-order valence-corrected chi connectivity index (χ0v) is 14.9. The number of rotatable bonds is 4. The van der Waals surface area contributed by atoms with Gasteiger partial charge in [0.05, 0.1) is 16.6 Å². The Kier molecular flexibility index (Phi) is 3.69. The van der Waals surface area contributed by atoms with E-state index >= 15 is 0 Å². The van der Waals surface area contributed by atoms with Crippen LogP contribution in [0.25, 0.3) is 27.9 Å². The zero-order valence-electron chi connectivity index (χ0n) is 14.1. The number of thioether (sulfide) groups is 1. The Balaban J connectivity index is 1.41. The van der Waals surface area contributed by atoms with Crippen molar-refractivity contribution >= 4 is 28.2 Å². The third-order valence-corrected chi connectivity index (χ3v) is 5.32. The fourth-order valence-corrected chi connectivity index (χ4v) is 3.92. The second kappa shape index (κ2) is 6.34. The van der Waals surface area contributed by atoms with Gasteiger partial charge in [-0.2, -0.15) is 5.26 Å². The molecule has 4 heterocycles. The molecule has 0 fully saturated rings. The van der Waals surface area contributed by atoms with Crippen molar-refractivity contribution in [2.24, 2.45) is 0 Å². The molecule has 0 saturated heterocycles. The SMILES string of the molecule is N#Cc1c(CSc2nnc(-c3c[nH]c4ccccc34)o2)cn2ccccc12. The van der Waals surface area contributed by atoms with Crippen LogP contribution in [-0.4, -0.2) is 19.6 Å². The van der Waals surface area contributed by atoms with Gasteiger partial charge in [-0.05, 0) is 23.8 Å². The Hall–Kier alpha value is -3.50. The minimum atomic E-state index is 0.481. The van der Waals surface area contributed by atoms with Gasteiger partial charge in [-0.3, -0.25) is 0 Å². The fourth-order valence-electron chi connectivity index (χ4n) is 3.18. The minimum Gasteiger partial charge on any atom is -0.411 e. The highest BCUT2D eigenvalue weighted by Gasteiger charge is 2.15. The molecular weight excluding hydrogens is 358 g/mol. The maximum Gasteiger partial charge on any atom is 0.277 e. The molecule has 0 atom stereocenters.